The number of fused-ring (bicyclic) bond motifs is 5. The molecule has 1 aliphatic heterocycles. The third-order valence-corrected chi connectivity index (χ3v) is 7.15. The minimum Gasteiger partial charge on any atom is -0.454 e. The van der Waals surface area contributed by atoms with Crippen molar-refractivity contribution in [3.05, 3.63) is 87.0 Å². The van der Waals surface area contributed by atoms with Crippen LogP contribution in [0.5, 0.6) is 11.5 Å². The molecule has 2 aliphatic rings. The Balaban J connectivity index is 1.63. The number of hydrogen-bond donors (Lipinski definition) is 0. The SMILES string of the molecule is C/C1=C\CCC(C=O)=C[C@H](OC(=O)c2cc3c(c4c2c([N+](=O)[O-])cc2ccccc24)OCO3)C/C(C)=C/CC1. The summed E-state index contributed by atoms with van der Waals surface area (Å²) < 4.78 is 17.3. The van der Waals surface area contributed by atoms with E-state index in [1.165, 1.54) is 17.7 Å². The molecular formula is C31H29NO7. The van der Waals surface area contributed by atoms with E-state index in [9.17, 15) is 19.7 Å². The second-order valence-electron chi connectivity index (χ2n) is 9.97. The molecular weight excluding hydrogens is 498 g/mol. The molecule has 1 atom stereocenters. The van der Waals surface area contributed by atoms with Gasteiger partial charge in [0, 0.05) is 17.9 Å². The van der Waals surface area contributed by atoms with Crippen molar-refractivity contribution < 1.29 is 28.7 Å². The molecule has 5 rings (SSSR count). The topological polar surface area (TPSA) is 105 Å². The molecule has 8 heteroatoms. The van der Waals surface area contributed by atoms with Crippen LogP contribution in [0.4, 0.5) is 5.69 Å². The minimum absolute atomic E-state index is 0.0130. The number of esters is 1. The molecule has 200 valence electrons. The molecule has 0 bridgehead atoms. The summed E-state index contributed by atoms with van der Waals surface area (Å²) in [6.07, 6.45) is 9.43. The number of allylic oxidation sites excluding steroid dienone is 4. The highest BCUT2D eigenvalue weighted by atomic mass is 16.7. The number of aldehydes is 1. The van der Waals surface area contributed by atoms with Crippen molar-refractivity contribution >= 4 is 39.5 Å². The van der Waals surface area contributed by atoms with E-state index < -0.39 is 17.0 Å². The zero-order valence-electron chi connectivity index (χ0n) is 21.9. The fourth-order valence-corrected chi connectivity index (χ4v) is 5.23. The van der Waals surface area contributed by atoms with Gasteiger partial charge in [-0.3, -0.25) is 14.9 Å². The Morgan fingerprint density at radius 1 is 1.05 bits per heavy atom. The fourth-order valence-electron chi connectivity index (χ4n) is 5.23. The Bertz CT molecular complexity index is 1580. The normalized spacial score (nSPS) is 20.6. The molecule has 0 radical (unpaired) electrons. The van der Waals surface area contributed by atoms with Gasteiger partial charge in [0.25, 0.3) is 5.69 Å². The molecule has 0 aromatic heterocycles. The van der Waals surface area contributed by atoms with Crippen molar-refractivity contribution in [1.29, 1.82) is 0 Å². The largest absolute Gasteiger partial charge is 0.454 e. The molecule has 0 saturated heterocycles. The van der Waals surface area contributed by atoms with Gasteiger partial charge in [0.15, 0.2) is 11.5 Å². The van der Waals surface area contributed by atoms with Gasteiger partial charge in [0.05, 0.1) is 15.9 Å². The van der Waals surface area contributed by atoms with Crippen molar-refractivity contribution in [2.75, 3.05) is 6.79 Å². The van der Waals surface area contributed by atoms with Crippen molar-refractivity contribution in [3.8, 4) is 11.5 Å². The van der Waals surface area contributed by atoms with Gasteiger partial charge in [-0.05, 0) is 68.0 Å². The Labute approximate surface area is 225 Å². The van der Waals surface area contributed by atoms with Gasteiger partial charge < -0.3 is 14.2 Å². The maximum atomic E-state index is 13.8. The maximum absolute atomic E-state index is 13.8. The summed E-state index contributed by atoms with van der Waals surface area (Å²) in [7, 11) is 0. The molecule has 39 heavy (non-hydrogen) atoms. The van der Waals surface area contributed by atoms with E-state index in [1.54, 1.807) is 18.2 Å². The van der Waals surface area contributed by atoms with Crippen LogP contribution < -0.4 is 9.47 Å². The number of carbonyl (C=O) groups excluding carboxylic acids is 2. The Morgan fingerprint density at radius 2 is 1.82 bits per heavy atom. The lowest BCUT2D eigenvalue weighted by Crippen LogP contribution is -2.18. The molecule has 3 aromatic carbocycles. The quantitative estimate of drug-likeness (QED) is 0.0887. The first kappa shape index (κ1) is 26.2. The minimum atomic E-state index is -0.737. The molecule has 0 unspecified atom stereocenters. The number of hydrogen-bond acceptors (Lipinski definition) is 7. The zero-order valence-corrected chi connectivity index (χ0v) is 21.9. The summed E-state index contributed by atoms with van der Waals surface area (Å²) in [5.41, 5.74) is 2.62. The van der Waals surface area contributed by atoms with Gasteiger partial charge in [-0.2, -0.15) is 0 Å². The Kier molecular flexibility index (Phi) is 7.45. The average molecular weight is 528 g/mol. The summed E-state index contributed by atoms with van der Waals surface area (Å²) in [6.45, 7) is 3.99. The van der Waals surface area contributed by atoms with Crippen LogP contribution in [0.15, 0.2) is 71.3 Å². The van der Waals surface area contributed by atoms with Crippen LogP contribution >= 0.6 is 0 Å². The van der Waals surface area contributed by atoms with Crippen LogP contribution in [0.25, 0.3) is 21.5 Å². The predicted octanol–water partition coefficient (Wildman–Crippen LogP) is 7.14. The second kappa shape index (κ2) is 11.1. The number of rotatable bonds is 4. The third kappa shape index (κ3) is 5.41. The highest BCUT2D eigenvalue weighted by molar-refractivity contribution is 6.21. The Morgan fingerprint density at radius 3 is 2.62 bits per heavy atom. The second-order valence-corrected chi connectivity index (χ2v) is 9.97. The lowest BCUT2D eigenvalue weighted by atomic mass is 9.95. The predicted molar refractivity (Wildman–Crippen MR) is 148 cm³/mol. The van der Waals surface area contributed by atoms with Crippen molar-refractivity contribution in [2.45, 2.75) is 52.1 Å². The summed E-state index contributed by atoms with van der Waals surface area (Å²) in [5, 5.41) is 14.1. The van der Waals surface area contributed by atoms with E-state index in [-0.39, 0.29) is 23.4 Å². The molecule has 1 heterocycles. The van der Waals surface area contributed by atoms with Crippen molar-refractivity contribution in [2.24, 2.45) is 0 Å². The molecule has 0 N–H and O–H groups in total. The number of non-ortho nitro benzene ring substituents is 1. The van der Waals surface area contributed by atoms with Gasteiger partial charge in [0.2, 0.25) is 6.79 Å². The van der Waals surface area contributed by atoms with E-state index in [2.05, 4.69) is 19.1 Å². The van der Waals surface area contributed by atoms with E-state index in [1.807, 2.05) is 19.1 Å². The van der Waals surface area contributed by atoms with Crippen LogP contribution in [0, 0.1) is 10.1 Å². The standard InChI is InChI=1S/C31H29NO7/c1-19-7-5-9-20(2)13-23(14-21(17-33)10-6-8-19)39-31(34)25-16-27-30(38-18-37-27)29-24-12-4-3-11-22(24)15-26(28(25)29)32(35)36/h3-4,8-9,11-12,14-17,23H,5-7,10,13,18H2,1-2H3/b19-8+,20-9+,21-14?/t23-/m1/s1. The van der Waals surface area contributed by atoms with Crippen LogP contribution in [0.2, 0.25) is 0 Å². The van der Waals surface area contributed by atoms with Crippen molar-refractivity contribution in [3.63, 3.8) is 0 Å². The molecule has 1 aliphatic carbocycles. The molecule has 0 amide bonds. The smallest absolute Gasteiger partial charge is 0.339 e. The molecule has 8 nitrogen and oxygen atoms in total. The number of carbonyl (C=O) groups is 2. The molecule has 0 saturated carbocycles. The number of nitro benzene ring substituents is 1. The van der Waals surface area contributed by atoms with E-state index in [0.29, 0.717) is 52.5 Å². The maximum Gasteiger partial charge on any atom is 0.339 e. The van der Waals surface area contributed by atoms with Crippen LogP contribution in [-0.4, -0.2) is 30.1 Å². The van der Waals surface area contributed by atoms with Gasteiger partial charge in [-0.1, -0.05) is 47.6 Å². The summed E-state index contributed by atoms with van der Waals surface area (Å²) in [5.74, 6) is -0.0577. The van der Waals surface area contributed by atoms with Crippen LogP contribution in [-0.2, 0) is 9.53 Å². The molecule has 0 spiro atoms. The summed E-state index contributed by atoms with van der Waals surface area (Å²) in [4.78, 5) is 37.3. The lowest BCUT2D eigenvalue weighted by Gasteiger charge is -2.18. The molecule has 0 fully saturated rings. The number of nitrogens with zero attached hydrogens (tertiary/aromatic N) is 1. The lowest BCUT2D eigenvalue weighted by molar-refractivity contribution is -0.383. The van der Waals surface area contributed by atoms with E-state index in [0.717, 1.165) is 24.7 Å². The first-order chi connectivity index (χ1) is 18.9. The molecule has 3 aromatic rings. The monoisotopic (exact) mass is 527 g/mol. The fraction of sp³-hybridized carbons (Fsp3) is 0.290. The van der Waals surface area contributed by atoms with Gasteiger partial charge in [0.1, 0.15) is 12.4 Å². The highest BCUT2D eigenvalue weighted by Gasteiger charge is 2.31. The summed E-state index contributed by atoms with van der Waals surface area (Å²) >= 11 is 0. The number of nitro groups is 1. The average Bonchev–Trinajstić information content (AvgIpc) is 3.39. The third-order valence-electron chi connectivity index (χ3n) is 7.15. The van der Waals surface area contributed by atoms with Gasteiger partial charge in [-0.15, -0.1) is 0 Å². The van der Waals surface area contributed by atoms with Crippen LogP contribution in [0.1, 0.15) is 56.3 Å². The first-order valence-electron chi connectivity index (χ1n) is 13.0. The highest BCUT2D eigenvalue weighted by Crippen LogP contribution is 2.47. The van der Waals surface area contributed by atoms with Crippen molar-refractivity contribution in [1.82, 2.24) is 0 Å². The zero-order chi connectivity index (χ0) is 27.5. The van der Waals surface area contributed by atoms with E-state index in [4.69, 9.17) is 14.2 Å². The van der Waals surface area contributed by atoms with Crippen LogP contribution in [0.3, 0.4) is 0 Å². The Hall–Kier alpha value is -4.46. The van der Waals surface area contributed by atoms with Gasteiger partial charge >= 0.3 is 5.97 Å². The summed E-state index contributed by atoms with van der Waals surface area (Å²) in [6, 6.07) is 10.1. The first-order valence-corrected chi connectivity index (χ1v) is 13.0. The number of ether oxygens (including phenoxy) is 3. The van der Waals surface area contributed by atoms with E-state index >= 15 is 0 Å². The number of benzene rings is 3. The van der Waals surface area contributed by atoms with Gasteiger partial charge in [-0.25, -0.2) is 4.79 Å².